The highest BCUT2D eigenvalue weighted by molar-refractivity contribution is 6.79. The number of benzene rings is 1. The fourth-order valence-corrected chi connectivity index (χ4v) is 6.48. The van der Waals surface area contributed by atoms with Gasteiger partial charge < -0.3 is 5.73 Å². The minimum atomic E-state index is -0.427. The van der Waals surface area contributed by atoms with Crippen molar-refractivity contribution < 1.29 is 0 Å². The summed E-state index contributed by atoms with van der Waals surface area (Å²) in [5.41, 5.74) is 12.2. The van der Waals surface area contributed by atoms with Gasteiger partial charge in [0.15, 0.2) is 6.71 Å². The predicted octanol–water partition coefficient (Wildman–Crippen LogP) is 10.7. The maximum Gasteiger partial charge on any atom is 0.155 e. The second kappa shape index (κ2) is 12.8. The Balaban J connectivity index is 0.000000422. The summed E-state index contributed by atoms with van der Waals surface area (Å²) in [5, 5.41) is 0.697. The summed E-state index contributed by atoms with van der Waals surface area (Å²) < 4.78 is 0. The lowest BCUT2D eigenvalue weighted by atomic mass is 9.51. The smallest absolute Gasteiger partial charge is 0.155 e. The largest absolute Gasteiger partial charge is 0.399 e. The van der Waals surface area contributed by atoms with E-state index in [4.69, 9.17) is 5.73 Å². The van der Waals surface area contributed by atoms with E-state index in [9.17, 15) is 0 Å². The Morgan fingerprint density at radius 3 is 1.77 bits per heavy atom. The molecular formula is C38H48BN. The molecule has 1 spiro atoms. The van der Waals surface area contributed by atoms with Gasteiger partial charge in [-0.3, -0.25) is 0 Å². The second-order valence-corrected chi connectivity index (χ2v) is 11.9. The number of hydrogen-bond donors (Lipinski definition) is 1. The monoisotopic (exact) mass is 529 g/mol. The van der Waals surface area contributed by atoms with Gasteiger partial charge in [-0.1, -0.05) is 181 Å². The number of para-hydroxylation sites is 1. The van der Waals surface area contributed by atoms with Gasteiger partial charge in [-0.25, -0.2) is 0 Å². The van der Waals surface area contributed by atoms with Gasteiger partial charge in [0.25, 0.3) is 0 Å². The lowest BCUT2D eigenvalue weighted by molar-refractivity contribution is 0.628. The molecule has 40 heavy (non-hydrogen) atoms. The molecule has 4 aliphatic rings. The Labute approximate surface area is 244 Å². The molecule has 208 valence electrons. The van der Waals surface area contributed by atoms with Crippen molar-refractivity contribution in [3.63, 3.8) is 0 Å². The Hall–Kier alpha value is -3.52. The summed E-state index contributed by atoms with van der Waals surface area (Å²) in [6.07, 6.45) is 29.5. The molecule has 1 aliphatic heterocycles. The Morgan fingerprint density at radius 2 is 1.35 bits per heavy atom. The van der Waals surface area contributed by atoms with Crippen LogP contribution in [0.3, 0.4) is 0 Å². The van der Waals surface area contributed by atoms with E-state index in [0.29, 0.717) is 23.3 Å². The SMILES string of the molecule is C=CC1=C(CB2C(C)(C)C2(C)C)C(C)C=CC(=C)C12C1=C\C=C/C=C\C2=C\C=C/C=C\1.CC.Nc1ccccc1. The summed E-state index contributed by atoms with van der Waals surface area (Å²) in [7, 11) is 0. The van der Waals surface area contributed by atoms with Crippen LogP contribution >= 0.6 is 0 Å². The molecule has 0 saturated carbocycles. The molecule has 3 aliphatic carbocycles. The second-order valence-electron chi connectivity index (χ2n) is 11.9. The molecule has 0 aromatic heterocycles. The fraction of sp³-hybridized carbons (Fsp3) is 0.316. The zero-order chi connectivity index (χ0) is 29.6. The molecule has 2 bridgehead atoms. The molecule has 1 heterocycles. The number of nitrogen functional groups attached to an aromatic ring is 1. The molecule has 2 N–H and O–H groups in total. The van der Waals surface area contributed by atoms with Crippen molar-refractivity contribution in [1.29, 1.82) is 0 Å². The average Bonchev–Trinajstić information content (AvgIpc) is 3.35. The standard InChI is InChI=1S/C30H35B.C6H7N.C2H6/c1-8-27-26(21-31-28(4,5)29(31,6)7)22(2)19-20-23(3)30(27)24-15-11-9-12-16-25(30)18-14-10-13-17-24;7-6-4-2-1-3-5-6;1-2/h8-20,22H,1,3,21H2,2,4-7H3;1-5H,7H2;1-2H3/b11-9-,12-9?,13-10?,14-10-,15-11?,16-12-,17-13-,18-14?,24-15-,24-17?,25-16?,25-18-;;. The Bertz CT molecular complexity index is 1280. The van der Waals surface area contributed by atoms with Crippen LogP contribution in [0.15, 0.2) is 150 Å². The van der Waals surface area contributed by atoms with Crippen LogP contribution in [0.4, 0.5) is 5.69 Å². The first kappa shape index (κ1) is 31.0. The summed E-state index contributed by atoms with van der Waals surface area (Å²) in [6.45, 7) is 25.7. The van der Waals surface area contributed by atoms with E-state index in [-0.39, 0.29) is 0 Å². The van der Waals surface area contributed by atoms with E-state index in [2.05, 4.69) is 127 Å². The minimum absolute atomic E-state index is 0.348. The molecule has 0 amide bonds. The van der Waals surface area contributed by atoms with E-state index in [0.717, 1.165) is 17.6 Å². The molecule has 0 radical (unpaired) electrons. The van der Waals surface area contributed by atoms with Crippen LogP contribution in [-0.2, 0) is 0 Å². The van der Waals surface area contributed by atoms with Crippen molar-refractivity contribution in [3.05, 3.63) is 150 Å². The van der Waals surface area contributed by atoms with Crippen molar-refractivity contribution >= 4 is 12.4 Å². The van der Waals surface area contributed by atoms with Crippen LogP contribution in [-0.4, -0.2) is 6.71 Å². The van der Waals surface area contributed by atoms with E-state index in [1.165, 1.54) is 22.3 Å². The quantitative estimate of drug-likeness (QED) is 0.306. The van der Waals surface area contributed by atoms with Crippen molar-refractivity contribution in [3.8, 4) is 0 Å². The molecule has 1 aromatic rings. The molecule has 1 atom stereocenters. The number of hydrogen-bond acceptors (Lipinski definition) is 1. The zero-order valence-corrected chi connectivity index (χ0v) is 25.7. The van der Waals surface area contributed by atoms with Gasteiger partial charge in [-0.2, -0.15) is 0 Å². The number of rotatable bonds is 3. The number of allylic oxidation sites excluding steroid dienone is 18. The maximum absolute atomic E-state index is 5.36. The van der Waals surface area contributed by atoms with Gasteiger partial charge in [0.2, 0.25) is 0 Å². The zero-order valence-electron chi connectivity index (χ0n) is 25.7. The summed E-state index contributed by atoms with van der Waals surface area (Å²) in [6, 6.07) is 9.49. The van der Waals surface area contributed by atoms with Gasteiger partial charge in [0.1, 0.15) is 0 Å². The highest BCUT2D eigenvalue weighted by atomic mass is 14.5. The molecule has 2 heteroatoms. The third kappa shape index (κ3) is 5.68. The van der Waals surface area contributed by atoms with Crippen molar-refractivity contribution in [2.24, 2.45) is 11.3 Å². The molecule has 1 saturated heterocycles. The van der Waals surface area contributed by atoms with Gasteiger partial charge in [0.05, 0.1) is 5.41 Å². The van der Waals surface area contributed by atoms with Crippen molar-refractivity contribution in [2.45, 2.75) is 65.4 Å². The highest BCUT2D eigenvalue weighted by Gasteiger charge is 2.66. The Morgan fingerprint density at radius 1 is 0.825 bits per heavy atom. The van der Waals surface area contributed by atoms with Crippen molar-refractivity contribution in [2.75, 3.05) is 5.73 Å². The third-order valence-corrected chi connectivity index (χ3v) is 9.53. The number of nitrogens with two attached hydrogens (primary N) is 1. The first-order valence-corrected chi connectivity index (χ1v) is 14.7. The van der Waals surface area contributed by atoms with E-state index >= 15 is 0 Å². The lowest BCUT2D eigenvalue weighted by Gasteiger charge is -2.41. The van der Waals surface area contributed by atoms with Crippen LogP contribution in [0.5, 0.6) is 0 Å². The fourth-order valence-electron chi connectivity index (χ4n) is 6.48. The first-order chi connectivity index (χ1) is 19.1. The summed E-state index contributed by atoms with van der Waals surface area (Å²) in [4.78, 5) is 0. The normalized spacial score (nSPS) is 30.9. The van der Waals surface area contributed by atoms with Crippen LogP contribution in [0.1, 0.15) is 48.5 Å². The van der Waals surface area contributed by atoms with E-state index in [1.54, 1.807) is 0 Å². The van der Waals surface area contributed by atoms with Gasteiger partial charge in [0, 0.05) is 5.69 Å². The molecule has 1 aromatic carbocycles. The molecule has 1 nitrogen and oxygen atoms in total. The lowest BCUT2D eigenvalue weighted by Crippen LogP contribution is -2.30. The van der Waals surface area contributed by atoms with Crippen LogP contribution < -0.4 is 5.73 Å². The third-order valence-electron chi connectivity index (χ3n) is 9.53. The van der Waals surface area contributed by atoms with Gasteiger partial charge >= 0.3 is 0 Å². The average molecular weight is 530 g/mol. The molecule has 1 fully saturated rings. The predicted molar refractivity (Wildman–Crippen MR) is 181 cm³/mol. The van der Waals surface area contributed by atoms with E-state index < -0.39 is 5.41 Å². The van der Waals surface area contributed by atoms with Crippen molar-refractivity contribution in [1.82, 2.24) is 0 Å². The summed E-state index contributed by atoms with van der Waals surface area (Å²) in [5.74, 6) is 0.353. The Kier molecular flexibility index (Phi) is 9.90. The summed E-state index contributed by atoms with van der Waals surface area (Å²) >= 11 is 0. The molecule has 5 rings (SSSR count). The highest BCUT2D eigenvalue weighted by Crippen LogP contribution is 2.76. The van der Waals surface area contributed by atoms with Crippen LogP contribution in [0.2, 0.25) is 16.9 Å². The topological polar surface area (TPSA) is 26.0 Å². The maximum atomic E-state index is 5.36. The first-order valence-electron chi connectivity index (χ1n) is 14.7. The van der Waals surface area contributed by atoms with Crippen LogP contribution in [0.25, 0.3) is 0 Å². The minimum Gasteiger partial charge on any atom is -0.399 e. The molecule has 1 unspecified atom stereocenters. The van der Waals surface area contributed by atoms with Gasteiger partial charge in [-0.15, -0.1) is 0 Å². The van der Waals surface area contributed by atoms with Gasteiger partial charge in [-0.05, 0) is 40.3 Å². The number of anilines is 1. The van der Waals surface area contributed by atoms with Crippen LogP contribution in [0, 0.1) is 11.3 Å². The molecular weight excluding hydrogens is 481 g/mol. The van der Waals surface area contributed by atoms with E-state index in [1.807, 2.05) is 44.2 Å².